The summed E-state index contributed by atoms with van der Waals surface area (Å²) in [6.07, 6.45) is -3.74. The molecule has 0 aliphatic heterocycles. The molecule has 0 aromatic heterocycles. The molecule has 0 bridgehead atoms. The zero-order chi connectivity index (χ0) is 15.3. The van der Waals surface area contributed by atoms with E-state index in [1.54, 1.807) is 0 Å². The molecule has 2 aromatic rings. The molecule has 2 aromatic carbocycles. The molecular formula is C16H16F3NO. The number of halogens is 3. The first-order chi connectivity index (χ1) is 9.97. The zero-order valence-electron chi connectivity index (χ0n) is 11.3. The quantitative estimate of drug-likeness (QED) is 0.898. The van der Waals surface area contributed by atoms with E-state index in [0.717, 1.165) is 17.7 Å². The molecule has 1 unspecified atom stereocenters. The largest absolute Gasteiger partial charge is 0.494 e. The van der Waals surface area contributed by atoms with Gasteiger partial charge in [0.05, 0.1) is 12.2 Å². The predicted octanol–water partition coefficient (Wildman–Crippen LogP) is 4.17. The highest BCUT2D eigenvalue weighted by molar-refractivity contribution is 5.28. The van der Waals surface area contributed by atoms with E-state index in [-0.39, 0.29) is 6.04 Å². The monoisotopic (exact) mass is 295 g/mol. The van der Waals surface area contributed by atoms with Gasteiger partial charge in [0.25, 0.3) is 0 Å². The second-order valence-electron chi connectivity index (χ2n) is 4.68. The summed E-state index contributed by atoms with van der Waals surface area (Å²) in [5, 5.41) is 0. The van der Waals surface area contributed by atoms with Crippen LogP contribution in [0.25, 0.3) is 0 Å². The first-order valence-corrected chi connectivity index (χ1v) is 6.57. The van der Waals surface area contributed by atoms with Crippen molar-refractivity contribution in [2.24, 2.45) is 5.73 Å². The molecule has 0 aliphatic carbocycles. The lowest BCUT2D eigenvalue weighted by Crippen LogP contribution is -2.14. The Morgan fingerprint density at radius 3 is 2.14 bits per heavy atom. The molecule has 2 N–H and O–H groups in total. The number of ether oxygens (including phenoxy) is 1. The Morgan fingerprint density at radius 1 is 0.952 bits per heavy atom. The Kier molecular flexibility index (Phi) is 4.85. The second-order valence-corrected chi connectivity index (χ2v) is 4.68. The van der Waals surface area contributed by atoms with Crippen molar-refractivity contribution in [3.8, 4) is 5.75 Å². The van der Waals surface area contributed by atoms with E-state index in [2.05, 4.69) is 0 Å². The lowest BCUT2D eigenvalue weighted by atomic mass is 10.1. The van der Waals surface area contributed by atoms with Gasteiger partial charge in [-0.25, -0.2) is 0 Å². The molecule has 1 atom stereocenters. The Bertz CT molecular complexity index is 552. The third-order valence-electron chi connectivity index (χ3n) is 3.11. The molecule has 0 radical (unpaired) electrons. The Labute approximate surface area is 121 Å². The fourth-order valence-corrected chi connectivity index (χ4v) is 1.91. The van der Waals surface area contributed by atoms with Crippen molar-refractivity contribution in [2.45, 2.75) is 18.6 Å². The summed E-state index contributed by atoms with van der Waals surface area (Å²) < 4.78 is 42.6. The molecule has 0 amide bonds. The minimum atomic E-state index is -4.33. The smallest absolute Gasteiger partial charge is 0.416 e. The Balaban J connectivity index is 1.84. The maximum atomic E-state index is 12.4. The van der Waals surface area contributed by atoms with Crippen LogP contribution in [0.5, 0.6) is 5.75 Å². The molecule has 0 saturated carbocycles. The number of benzene rings is 2. The highest BCUT2D eigenvalue weighted by Crippen LogP contribution is 2.30. The number of hydrogen-bond acceptors (Lipinski definition) is 2. The van der Waals surface area contributed by atoms with Crippen LogP contribution in [0, 0.1) is 0 Å². The van der Waals surface area contributed by atoms with Crippen molar-refractivity contribution < 1.29 is 17.9 Å². The van der Waals surface area contributed by atoms with Crippen LogP contribution in [0.1, 0.15) is 23.6 Å². The standard InChI is InChI=1S/C16H16F3NO/c17-16(18,19)13-6-8-14(9-7-13)21-11-10-15(20)12-4-2-1-3-5-12/h1-9,15H,10-11,20H2. The van der Waals surface area contributed by atoms with Crippen LogP contribution in [-0.4, -0.2) is 6.61 Å². The summed E-state index contributed by atoms with van der Waals surface area (Å²) in [5.74, 6) is 0.406. The molecular weight excluding hydrogens is 279 g/mol. The maximum absolute atomic E-state index is 12.4. The molecule has 21 heavy (non-hydrogen) atoms. The van der Waals surface area contributed by atoms with E-state index < -0.39 is 11.7 Å². The van der Waals surface area contributed by atoms with Crippen molar-refractivity contribution in [1.82, 2.24) is 0 Å². The van der Waals surface area contributed by atoms with Gasteiger partial charge in [0.2, 0.25) is 0 Å². The van der Waals surface area contributed by atoms with Crippen molar-refractivity contribution in [3.63, 3.8) is 0 Å². The van der Waals surface area contributed by atoms with Gasteiger partial charge in [-0.05, 0) is 29.8 Å². The number of hydrogen-bond donors (Lipinski definition) is 1. The average Bonchev–Trinajstić information content (AvgIpc) is 2.47. The first-order valence-electron chi connectivity index (χ1n) is 6.57. The molecule has 2 rings (SSSR count). The van der Waals surface area contributed by atoms with Gasteiger partial charge in [0, 0.05) is 12.5 Å². The third kappa shape index (κ3) is 4.49. The van der Waals surface area contributed by atoms with E-state index in [9.17, 15) is 13.2 Å². The van der Waals surface area contributed by atoms with Crippen molar-refractivity contribution in [3.05, 3.63) is 65.7 Å². The molecule has 0 saturated heterocycles. The SMILES string of the molecule is NC(CCOc1ccc(C(F)(F)F)cc1)c1ccccc1. The van der Waals surface area contributed by atoms with Gasteiger partial charge in [-0.3, -0.25) is 0 Å². The highest BCUT2D eigenvalue weighted by Gasteiger charge is 2.29. The highest BCUT2D eigenvalue weighted by atomic mass is 19.4. The van der Waals surface area contributed by atoms with Crippen LogP contribution in [0.3, 0.4) is 0 Å². The molecule has 0 aliphatic rings. The van der Waals surface area contributed by atoms with Crippen LogP contribution in [0.4, 0.5) is 13.2 Å². The third-order valence-corrected chi connectivity index (χ3v) is 3.11. The predicted molar refractivity (Wildman–Crippen MR) is 74.9 cm³/mol. The van der Waals surface area contributed by atoms with Gasteiger partial charge in [-0.1, -0.05) is 30.3 Å². The normalized spacial score (nSPS) is 13.0. The minimum absolute atomic E-state index is 0.152. The van der Waals surface area contributed by atoms with E-state index in [0.29, 0.717) is 18.8 Å². The van der Waals surface area contributed by atoms with E-state index in [4.69, 9.17) is 10.5 Å². The van der Waals surface area contributed by atoms with Crippen LogP contribution in [0.15, 0.2) is 54.6 Å². The molecule has 5 heteroatoms. The van der Waals surface area contributed by atoms with Gasteiger partial charge < -0.3 is 10.5 Å². The maximum Gasteiger partial charge on any atom is 0.416 e. The number of alkyl halides is 3. The lowest BCUT2D eigenvalue weighted by Gasteiger charge is -2.13. The summed E-state index contributed by atoms with van der Waals surface area (Å²) in [6, 6.07) is 14.1. The van der Waals surface area contributed by atoms with Gasteiger partial charge in [0.15, 0.2) is 0 Å². The molecule has 0 heterocycles. The van der Waals surface area contributed by atoms with Gasteiger partial charge >= 0.3 is 6.18 Å². The first kappa shape index (κ1) is 15.4. The summed E-state index contributed by atoms with van der Waals surface area (Å²) in [5.41, 5.74) is 6.34. The van der Waals surface area contributed by atoms with E-state index in [1.807, 2.05) is 30.3 Å². The topological polar surface area (TPSA) is 35.2 Å². The van der Waals surface area contributed by atoms with Crippen LogP contribution in [-0.2, 0) is 6.18 Å². The fourth-order valence-electron chi connectivity index (χ4n) is 1.91. The summed E-state index contributed by atoms with van der Waals surface area (Å²) in [6.45, 7) is 0.349. The fraction of sp³-hybridized carbons (Fsp3) is 0.250. The lowest BCUT2D eigenvalue weighted by molar-refractivity contribution is -0.137. The molecule has 2 nitrogen and oxygen atoms in total. The minimum Gasteiger partial charge on any atom is -0.494 e. The van der Waals surface area contributed by atoms with Crippen molar-refractivity contribution in [2.75, 3.05) is 6.61 Å². The summed E-state index contributed by atoms with van der Waals surface area (Å²) >= 11 is 0. The van der Waals surface area contributed by atoms with Crippen LogP contribution >= 0.6 is 0 Å². The van der Waals surface area contributed by atoms with Crippen LogP contribution in [0.2, 0.25) is 0 Å². The molecule has 112 valence electrons. The molecule has 0 spiro atoms. The average molecular weight is 295 g/mol. The number of nitrogens with two attached hydrogens (primary N) is 1. The van der Waals surface area contributed by atoms with Crippen molar-refractivity contribution >= 4 is 0 Å². The van der Waals surface area contributed by atoms with Gasteiger partial charge in [-0.2, -0.15) is 13.2 Å². The Hall–Kier alpha value is -2.01. The van der Waals surface area contributed by atoms with Gasteiger partial charge in [-0.15, -0.1) is 0 Å². The summed E-state index contributed by atoms with van der Waals surface area (Å²) in [7, 11) is 0. The molecule has 0 fully saturated rings. The second kappa shape index (κ2) is 6.63. The van der Waals surface area contributed by atoms with E-state index >= 15 is 0 Å². The Morgan fingerprint density at radius 2 is 1.57 bits per heavy atom. The zero-order valence-corrected chi connectivity index (χ0v) is 11.3. The van der Waals surface area contributed by atoms with E-state index in [1.165, 1.54) is 12.1 Å². The van der Waals surface area contributed by atoms with Crippen LogP contribution < -0.4 is 10.5 Å². The van der Waals surface area contributed by atoms with Crippen molar-refractivity contribution in [1.29, 1.82) is 0 Å². The number of rotatable bonds is 5. The summed E-state index contributed by atoms with van der Waals surface area (Å²) in [4.78, 5) is 0. The van der Waals surface area contributed by atoms with Gasteiger partial charge in [0.1, 0.15) is 5.75 Å².